The highest BCUT2D eigenvalue weighted by Crippen LogP contribution is 2.24. The van der Waals surface area contributed by atoms with Crippen molar-refractivity contribution in [2.24, 2.45) is 4.99 Å². The number of ether oxygens (including phenoxy) is 1. The van der Waals surface area contributed by atoms with Gasteiger partial charge in [0.25, 0.3) is 0 Å². The standard InChI is InChI=1S/C19H35N5O2/c1-20-19(21-9-13-23(2)10-7-14-25-3)22-16-17(18-8-6-15-26-18)24-11-4-5-12-24/h6,8,15,17H,4-5,7,9-14,16H2,1-3H3,(H2,20,21,22). The minimum Gasteiger partial charge on any atom is -0.468 e. The zero-order valence-corrected chi connectivity index (χ0v) is 16.5. The van der Waals surface area contributed by atoms with E-state index in [9.17, 15) is 0 Å². The molecule has 1 aromatic heterocycles. The molecule has 7 heteroatoms. The second-order valence-corrected chi connectivity index (χ2v) is 6.80. The highest BCUT2D eigenvalue weighted by Gasteiger charge is 2.25. The van der Waals surface area contributed by atoms with Crippen LogP contribution in [0.15, 0.2) is 27.8 Å². The molecule has 2 rings (SSSR count). The molecule has 148 valence electrons. The third kappa shape index (κ3) is 6.97. The van der Waals surface area contributed by atoms with Crippen LogP contribution in [0.5, 0.6) is 0 Å². The normalized spacial score (nSPS) is 17.0. The molecule has 0 spiro atoms. The molecule has 1 aromatic rings. The number of furan rings is 1. The Balaban J connectivity index is 1.74. The van der Waals surface area contributed by atoms with E-state index in [1.54, 1.807) is 13.4 Å². The number of methoxy groups -OCH3 is 1. The first-order valence-electron chi connectivity index (χ1n) is 9.64. The van der Waals surface area contributed by atoms with Crippen molar-refractivity contribution in [3.63, 3.8) is 0 Å². The van der Waals surface area contributed by atoms with E-state index in [4.69, 9.17) is 9.15 Å². The van der Waals surface area contributed by atoms with Gasteiger partial charge in [-0.1, -0.05) is 0 Å². The molecule has 7 nitrogen and oxygen atoms in total. The van der Waals surface area contributed by atoms with Gasteiger partial charge in [-0.25, -0.2) is 0 Å². The quantitative estimate of drug-likeness (QED) is 0.352. The monoisotopic (exact) mass is 365 g/mol. The molecule has 2 N–H and O–H groups in total. The van der Waals surface area contributed by atoms with Gasteiger partial charge >= 0.3 is 0 Å². The smallest absolute Gasteiger partial charge is 0.191 e. The van der Waals surface area contributed by atoms with Crippen molar-refractivity contribution < 1.29 is 9.15 Å². The molecule has 0 aromatic carbocycles. The molecule has 1 aliphatic rings. The molecule has 0 amide bonds. The second kappa shape index (κ2) is 11.9. The third-order valence-electron chi connectivity index (χ3n) is 4.81. The van der Waals surface area contributed by atoms with Crippen molar-refractivity contribution in [2.75, 3.05) is 67.1 Å². The van der Waals surface area contributed by atoms with Crippen molar-refractivity contribution >= 4 is 5.96 Å². The Kier molecular flexibility index (Phi) is 9.52. The number of hydrogen-bond acceptors (Lipinski definition) is 5. The fourth-order valence-electron chi connectivity index (χ4n) is 3.31. The average Bonchev–Trinajstić information content (AvgIpc) is 3.35. The van der Waals surface area contributed by atoms with E-state index in [2.05, 4.69) is 38.5 Å². The lowest BCUT2D eigenvalue weighted by Crippen LogP contribution is -2.44. The van der Waals surface area contributed by atoms with Crippen molar-refractivity contribution in [1.82, 2.24) is 20.4 Å². The molecule has 1 unspecified atom stereocenters. The second-order valence-electron chi connectivity index (χ2n) is 6.80. The van der Waals surface area contributed by atoms with E-state index >= 15 is 0 Å². The van der Waals surface area contributed by atoms with E-state index in [0.717, 1.165) is 64.0 Å². The predicted octanol–water partition coefficient (Wildman–Crippen LogP) is 1.55. The maximum absolute atomic E-state index is 5.67. The van der Waals surface area contributed by atoms with Crippen LogP contribution in [0.3, 0.4) is 0 Å². The zero-order valence-electron chi connectivity index (χ0n) is 16.5. The largest absolute Gasteiger partial charge is 0.468 e. The first-order chi connectivity index (χ1) is 12.7. The van der Waals surface area contributed by atoms with Gasteiger partial charge in [-0.05, 0) is 51.5 Å². The van der Waals surface area contributed by atoms with Gasteiger partial charge in [-0.2, -0.15) is 0 Å². The fraction of sp³-hybridized carbons (Fsp3) is 0.737. The predicted molar refractivity (Wildman–Crippen MR) is 106 cm³/mol. The molecule has 0 radical (unpaired) electrons. The summed E-state index contributed by atoms with van der Waals surface area (Å²) < 4.78 is 10.8. The first-order valence-corrected chi connectivity index (χ1v) is 9.64. The SMILES string of the molecule is CN=C(NCCN(C)CCCOC)NCC(c1ccco1)N1CCCC1. The van der Waals surface area contributed by atoms with Crippen LogP contribution in [0.2, 0.25) is 0 Å². The first kappa shape index (κ1) is 20.7. The number of nitrogens with one attached hydrogen (secondary N) is 2. The number of guanidine groups is 1. The lowest BCUT2D eigenvalue weighted by molar-refractivity contribution is 0.180. The summed E-state index contributed by atoms with van der Waals surface area (Å²) in [5.74, 6) is 1.86. The summed E-state index contributed by atoms with van der Waals surface area (Å²) in [7, 11) is 5.69. The Hall–Kier alpha value is -1.57. The van der Waals surface area contributed by atoms with E-state index in [1.807, 2.05) is 13.1 Å². The average molecular weight is 366 g/mol. The number of hydrogen-bond donors (Lipinski definition) is 2. The van der Waals surface area contributed by atoms with Crippen LogP contribution in [0.25, 0.3) is 0 Å². The highest BCUT2D eigenvalue weighted by atomic mass is 16.5. The molecule has 0 saturated carbocycles. The van der Waals surface area contributed by atoms with Crippen LogP contribution < -0.4 is 10.6 Å². The summed E-state index contributed by atoms with van der Waals surface area (Å²) in [6.07, 6.45) is 5.34. The number of likely N-dealkylation sites (N-methyl/N-ethyl adjacent to an activating group) is 1. The van der Waals surface area contributed by atoms with Gasteiger partial charge < -0.3 is 24.7 Å². The lowest BCUT2D eigenvalue weighted by atomic mass is 10.2. The molecule has 0 aliphatic carbocycles. The summed E-state index contributed by atoms with van der Waals surface area (Å²) in [6.45, 7) is 6.73. The molecule has 1 saturated heterocycles. The maximum atomic E-state index is 5.67. The molecular weight excluding hydrogens is 330 g/mol. The summed E-state index contributed by atoms with van der Waals surface area (Å²) in [5.41, 5.74) is 0. The number of aliphatic imine (C=N–C) groups is 1. The van der Waals surface area contributed by atoms with Gasteiger partial charge in [0.1, 0.15) is 5.76 Å². The lowest BCUT2D eigenvalue weighted by Gasteiger charge is -2.27. The minimum absolute atomic E-state index is 0.253. The van der Waals surface area contributed by atoms with Crippen LogP contribution in [0.1, 0.15) is 31.1 Å². The summed E-state index contributed by atoms with van der Waals surface area (Å²) in [6, 6.07) is 4.28. The van der Waals surface area contributed by atoms with Crippen molar-refractivity contribution in [2.45, 2.75) is 25.3 Å². The summed E-state index contributed by atoms with van der Waals surface area (Å²) >= 11 is 0. The summed E-state index contributed by atoms with van der Waals surface area (Å²) in [4.78, 5) is 9.14. The van der Waals surface area contributed by atoms with Gasteiger partial charge in [0, 0.05) is 46.9 Å². The Morgan fingerprint density at radius 2 is 2.15 bits per heavy atom. The number of nitrogens with zero attached hydrogens (tertiary/aromatic N) is 3. The van der Waals surface area contributed by atoms with Gasteiger partial charge in [-0.3, -0.25) is 9.89 Å². The Morgan fingerprint density at radius 3 is 2.81 bits per heavy atom. The highest BCUT2D eigenvalue weighted by molar-refractivity contribution is 5.79. The van der Waals surface area contributed by atoms with E-state index in [1.165, 1.54) is 12.8 Å². The molecule has 1 fully saturated rings. The van der Waals surface area contributed by atoms with Crippen LogP contribution in [0, 0.1) is 0 Å². The fourth-order valence-corrected chi connectivity index (χ4v) is 3.31. The Morgan fingerprint density at radius 1 is 1.35 bits per heavy atom. The Bertz CT molecular complexity index is 500. The van der Waals surface area contributed by atoms with Crippen LogP contribution in [-0.4, -0.2) is 82.8 Å². The van der Waals surface area contributed by atoms with Gasteiger partial charge in [-0.15, -0.1) is 0 Å². The van der Waals surface area contributed by atoms with Gasteiger partial charge in [0.05, 0.1) is 12.3 Å². The molecule has 2 heterocycles. The molecule has 0 bridgehead atoms. The third-order valence-corrected chi connectivity index (χ3v) is 4.81. The molecular formula is C19H35N5O2. The number of likely N-dealkylation sites (tertiary alicyclic amines) is 1. The van der Waals surface area contributed by atoms with Gasteiger partial charge in [0.15, 0.2) is 5.96 Å². The molecule has 1 atom stereocenters. The summed E-state index contributed by atoms with van der Waals surface area (Å²) in [5, 5.41) is 6.86. The van der Waals surface area contributed by atoms with Crippen molar-refractivity contribution in [3.05, 3.63) is 24.2 Å². The number of rotatable bonds is 11. The minimum atomic E-state index is 0.253. The molecule has 1 aliphatic heterocycles. The van der Waals surface area contributed by atoms with Crippen molar-refractivity contribution in [3.8, 4) is 0 Å². The van der Waals surface area contributed by atoms with Crippen LogP contribution in [0.4, 0.5) is 0 Å². The van der Waals surface area contributed by atoms with Crippen LogP contribution in [-0.2, 0) is 4.74 Å². The topological polar surface area (TPSA) is 65.3 Å². The van der Waals surface area contributed by atoms with E-state index in [0.29, 0.717) is 0 Å². The molecule has 26 heavy (non-hydrogen) atoms. The van der Waals surface area contributed by atoms with Gasteiger partial charge in [0.2, 0.25) is 0 Å². The van der Waals surface area contributed by atoms with E-state index < -0.39 is 0 Å². The van der Waals surface area contributed by atoms with Crippen molar-refractivity contribution in [1.29, 1.82) is 0 Å². The van der Waals surface area contributed by atoms with E-state index in [-0.39, 0.29) is 6.04 Å². The Labute approximate surface area is 157 Å². The maximum Gasteiger partial charge on any atom is 0.191 e. The zero-order chi connectivity index (χ0) is 18.6. The van der Waals surface area contributed by atoms with Crippen LogP contribution >= 0.6 is 0 Å².